The summed E-state index contributed by atoms with van der Waals surface area (Å²) in [5.41, 5.74) is 9.11. The lowest BCUT2D eigenvalue weighted by molar-refractivity contribution is 0.589. The van der Waals surface area contributed by atoms with Crippen molar-refractivity contribution in [3.63, 3.8) is 0 Å². The van der Waals surface area contributed by atoms with E-state index in [1.54, 1.807) is 0 Å². The van der Waals surface area contributed by atoms with E-state index in [-0.39, 0.29) is 0 Å². The van der Waals surface area contributed by atoms with E-state index < -0.39 is 10.0 Å². The standard InChI is InChI=1S/C13H18N4O2S/c1-9-7-13(15-5-6-16-20(2,18)19)11-8-10(14)3-4-12(11)17-9/h3-4,7-8,16H,5-6,14H2,1-2H3,(H,15,17). The summed E-state index contributed by atoms with van der Waals surface area (Å²) >= 11 is 0. The molecule has 20 heavy (non-hydrogen) atoms. The third-order valence-corrected chi connectivity index (χ3v) is 3.49. The van der Waals surface area contributed by atoms with E-state index in [1.165, 1.54) is 0 Å². The molecular formula is C13H18N4O2S. The molecule has 0 aliphatic heterocycles. The fourth-order valence-electron chi connectivity index (χ4n) is 1.96. The molecule has 1 aromatic heterocycles. The molecule has 0 bridgehead atoms. The van der Waals surface area contributed by atoms with Crippen molar-refractivity contribution in [2.45, 2.75) is 6.92 Å². The number of fused-ring (bicyclic) bond motifs is 1. The number of nitrogens with zero attached hydrogens (tertiary/aromatic N) is 1. The van der Waals surface area contributed by atoms with Gasteiger partial charge in [0.15, 0.2) is 0 Å². The van der Waals surface area contributed by atoms with Gasteiger partial charge < -0.3 is 11.1 Å². The SMILES string of the molecule is Cc1cc(NCCNS(C)(=O)=O)c2cc(N)ccc2n1. The van der Waals surface area contributed by atoms with Crippen molar-refractivity contribution in [3.8, 4) is 0 Å². The van der Waals surface area contributed by atoms with Gasteiger partial charge in [-0.3, -0.25) is 4.98 Å². The highest BCUT2D eigenvalue weighted by Gasteiger charge is 2.05. The van der Waals surface area contributed by atoms with Gasteiger partial charge in [0.05, 0.1) is 11.8 Å². The number of sulfonamides is 1. The first kappa shape index (κ1) is 14.5. The maximum Gasteiger partial charge on any atom is 0.208 e. The van der Waals surface area contributed by atoms with E-state index in [0.717, 1.165) is 28.5 Å². The number of nitrogens with two attached hydrogens (primary N) is 1. The number of nitrogen functional groups attached to an aromatic ring is 1. The van der Waals surface area contributed by atoms with Gasteiger partial charge in [-0.25, -0.2) is 13.1 Å². The normalized spacial score (nSPS) is 11.7. The monoisotopic (exact) mass is 294 g/mol. The van der Waals surface area contributed by atoms with Crippen LogP contribution < -0.4 is 15.8 Å². The van der Waals surface area contributed by atoms with E-state index in [4.69, 9.17) is 5.73 Å². The van der Waals surface area contributed by atoms with Crippen LogP contribution in [0.1, 0.15) is 5.69 Å². The Kier molecular flexibility index (Phi) is 4.10. The molecule has 7 heteroatoms. The molecule has 4 N–H and O–H groups in total. The van der Waals surface area contributed by atoms with E-state index >= 15 is 0 Å². The molecule has 2 aromatic rings. The summed E-state index contributed by atoms with van der Waals surface area (Å²) in [5, 5.41) is 4.13. The summed E-state index contributed by atoms with van der Waals surface area (Å²) in [7, 11) is -3.16. The number of hydrogen-bond donors (Lipinski definition) is 3. The molecule has 1 heterocycles. The first-order valence-corrected chi connectivity index (χ1v) is 8.10. The van der Waals surface area contributed by atoms with E-state index in [2.05, 4.69) is 15.0 Å². The highest BCUT2D eigenvalue weighted by Crippen LogP contribution is 2.24. The summed E-state index contributed by atoms with van der Waals surface area (Å²) in [6.45, 7) is 2.72. The second-order valence-corrected chi connectivity index (χ2v) is 6.51. The Morgan fingerprint density at radius 3 is 2.70 bits per heavy atom. The molecule has 1 aromatic carbocycles. The second-order valence-electron chi connectivity index (χ2n) is 4.68. The van der Waals surface area contributed by atoms with Gasteiger partial charge in [-0.2, -0.15) is 0 Å². The molecule has 6 nitrogen and oxygen atoms in total. The van der Waals surface area contributed by atoms with E-state index in [1.807, 2.05) is 31.2 Å². The van der Waals surface area contributed by atoms with Crippen LogP contribution in [0, 0.1) is 6.92 Å². The first-order valence-electron chi connectivity index (χ1n) is 6.20. The van der Waals surface area contributed by atoms with Crippen LogP contribution in [-0.2, 0) is 10.0 Å². The van der Waals surface area contributed by atoms with Crippen LogP contribution >= 0.6 is 0 Å². The van der Waals surface area contributed by atoms with Gasteiger partial charge in [-0.1, -0.05) is 0 Å². The minimum Gasteiger partial charge on any atom is -0.399 e. The third kappa shape index (κ3) is 3.82. The van der Waals surface area contributed by atoms with Crippen molar-refractivity contribution in [1.29, 1.82) is 0 Å². The number of aryl methyl sites for hydroxylation is 1. The molecule has 0 fully saturated rings. The lowest BCUT2D eigenvalue weighted by atomic mass is 10.1. The molecule has 0 aliphatic rings. The molecule has 0 saturated carbocycles. The number of pyridine rings is 1. The van der Waals surface area contributed by atoms with Crippen molar-refractivity contribution in [3.05, 3.63) is 30.0 Å². The van der Waals surface area contributed by atoms with Crippen molar-refractivity contribution in [2.24, 2.45) is 0 Å². The van der Waals surface area contributed by atoms with E-state index in [0.29, 0.717) is 18.8 Å². The third-order valence-electron chi connectivity index (χ3n) is 2.77. The topological polar surface area (TPSA) is 97.1 Å². The number of anilines is 2. The van der Waals surface area contributed by atoms with Crippen molar-refractivity contribution in [2.75, 3.05) is 30.4 Å². The summed E-state index contributed by atoms with van der Waals surface area (Å²) in [6.07, 6.45) is 1.14. The smallest absolute Gasteiger partial charge is 0.208 e. The van der Waals surface area contributed by atoms with Gasteiger partial charge in [0.25, 0.3) is 0 Å². The molecule has 0 unspecified atom stereocenters. The van der Waals surface area contributed by atoms with Crippen LogP contribution in [0.2, 0.25) is 0 Å². The fourth-order valence-corrected chi connectivity index (χ4v) is 2.43. The minimum atomic E-state index is -3.16. The maximum atomic E-state index is 11.0. The Morgan fingerprint density at radius 1 is 1.25 bits per heavy atom. The Hall–Kier alpha value is -1.86. The molecule has 0 amide bonds. The average molecular weight is 294 g/mol. The Labute approximate surface area is 118 Å². The first-order chi connectivity index (χ1) is 9.35. The van der Waals surface area contributed by atoms with Gasteiger partial charge in [0, 0.05) is 35.5 Å². The van der Waals surface area contributed by atoms with Gasteiger partial charge in [0.2, 0.25) is 10.0 Å². The van der Waals surface area contributed by atoms with Crippen LogP contribution in [-0.4, -0.2) is 32.7 Å². The van der Waals surface area contributed by atoms with Gasteiger partial charge in [-0.05, 0) is 31.2 Å². The molecule has 0 atom stereocenters. The van der Waals surface area contributed by atoms with Crippen LogP contribution in [0.3, 0.4) is 0 Å². The molecule has 0 aliphatic carbocycles. The largest absolute Gasteiger partial charge is 0.399 e. The lowest BCUT2D eigenvalue weighted by Crippen LogP contribution is -2.27. The Balaban J connectivity index is 2.18. The zero-order valence-electron chi connectivity index (χ0n) is 11.5. The molecule has 2 rings (SSSR count). The maximum absolute atomic E-state index is 11.0. The van der Waals surface area contributed by atoms with Crippen molar-refractivity contribution in [1.82, 2.24) is 9.71 Å². The second kappa shape index (κ2) is 5.64. The summed E-state index contributed by atoms with van der Waals surface area (Å²) in [4.78, 5) is 4.44. The van der Waals surface area contributed by atoms with Gasteiger partial charge in [0.1, 0.15) is 0 Å². The van der Waals surface area contributed by atoms with Crippen molar-refractivity contribution >= 4 is 32.3 Å². The fraction of sp³-hybridized carbons (Fsp3) is 0.308. The zero-order valence-corrected chi connectivity index (χ0v) is 12.3. The van der Waals surface area contributed by atoms with Crippen LogP contribution in [0.5, 0.6) is 0 Å². The summed E-state index contributed by atoms with van der Waals surface area (Å²) < 4.78 is 24.4. The summed E-state index contributed by atoms with van der Waals surface area (Å²) in [6, 6.07) is 7.46. The predicted octanol–water partition coefficient (Wildman–Crippen LogP) is 1.09. The van der Waals surface area contributed by atoms with Crippen molar-refractivity contribution < 1.29 is 8.42 Å². The number of rotatable bonds is 5. The molecule has 0 spiro atoms. The van der Waals surface area contributed by atoms with E-state index in [9.17, 15) is 8.42 Å². The van der Waals surface area contributed by atoms with Gasteiger partial charge in [-0.15, -0.1) is 0 Å². The average Bonchev–Trinajstić information content (AvgIpc) is 2.34. The van der Waals surface area contributed by atoms with Gasteiger partial charge >= 0.3 is 0 Å². The Morgan fingerprint density at radius 2 is 2.00 bits per heavy atom. The number of benzene rings is 1. The minimum absolute atomic E-state index is 0.323. The quantitative estimate of drug-likeness (QED) is 0.566. The molecule has 0 saturated heterocycles. The number of hydrogen-bond acceptors (Lipinski definition) is 5. The highest BCUT2D eigenvalue weighted by atomic mass is 32.2. The van der Waals surface area contributed by atoms with Crippen LogP contribution in [0.25, 0.3) is 10.9 Å². The Bertz CT molecular complexity index is 728. The zero-order chi connectivity index (χ0) is 14.8. The highest BCUT2D eigenvalue weighted by molar-refractivity contribution is 7.88. The predicted molar refractivity (Wildman–Crippen MR) is 82.2 cm³/mol. The molecule has 108 valence electrons. The van der Waals surface area contributed by atoms with Crippen LogP contribution in [0.4, 0.5) is 11.4 Å². The van der Waals surface area contributed by atoms with Crippen LogP contribution in [0.15, 0.2) is 24.3 Å². The molecular weight excluding hydrogens is 276 g/mol. The lowest BCUT2D eigenvalue weighted by Gasteiger charge is -2.11. The summed E-state index contributed by atoms with van der Waals surface area (Å²) in [5.74, 6) is 0. The number of aromatic nitrogens is 1. The molecule has 0 radical (unpaired) electrons. The number of nitrogens with one attached hydrogen (secondary N) is 2.